The summed E-state index contributed by atoms with van der Waals surface area (Å²) in [6, 6.07) is 3.40. The van der Waals surface area contributed by atoms with Crippen LogP contribution in [0.3, 0.4) is 0 Å². The van der Waals surface area contributed by atoms with Gasteiger partial charge in [0.15, 0.2) is 0 Å². The Hall–Kier alpha value is -1.71. The van der Waals surface area contributed by atoms with Crippen LogP contribution in [-0.4, -0.2) is 17.6 Å². The van der Waals surface area contributed by atoms with Crippen molar-refractivity contribution in [3.05, 3.63) is 23.3 Å². The van der Waals surface area contributed by atoms with Crippen molar-refractivity contribution in [1.29, 1.82) is 0 Å². The number of aromatic carboxylic acids is 1. The fourth-order valence-electron chi connectivity index (χ4n) is 1.98. The molecule has 0 bridgehead atoms. The van der Waals surface area contributed by atoms with Crippen LogP contribution in [0.5, 0.6) is 0 Å². The van der Waals surface area contributed by atoms with Crippen molar-refractivity contribution in [2.75, 3.05) is 17.6 Å². The molecule has 4 nitrogen and oxygen atoms in total. The van der Waals surface area contributed by atoms with Crippen molar-refractivity contribution in [3.8, 4) is 0 Å². The van der Waals surface area contributed by atoms with Crippen LogP contribution in [0.2, 0.25) is 0 Å². The van der Waals surface area contributed by atoms with E-state index in [9.17, 15) is 4.79 Å². The average molecular weight is 234 g/mol. The fourth-order valence-corrected chi connectivity index (χ4v) is 1.98. The minimum Gasteiger partial charge on any atom is -0.478 e. The number of hydrogen-bond acceptors (Lipinski definition) is 3. The number of carboxylic acids is 1. The van der Waals surface area contributed by atoms with Gasteiger partial charge in [0.2, 0.25) is 0 Å². The van der Waals surface area contributed by atoms with Crippen LogP contribution in [0.1, 0.15) is 35.7 Å². The third-order valence-electron chi connectivity index (χ3n) is 3.22. The number of carboxylic acid groups (broad SMARTS) is 1. The van der Waals surface area contributed by atoms with Gasteiger partial charge in [-0.25, -0.2) is 4.79 Å². The largest absolute Gasteiger partial charge is 0.478 e. The maximum absolute atomic E-state index is 11.0. The molecule has 0 aromatic heterocycles. The molecule has 92 valence electrons. The maximum atomic E-state index is 11.0. The van der Waals surface area contributed by atoms with Gasteiger partial charge in [-0.1, -0.05) is 6.92 Å². The molecular formula is C13H18N2O2. The summed E-state index contributed by atoms with van der Waals surface area (Å²) in [5.41, 5.74) is 8.48. The van der Waals surface area contributed by atoms with E-state index in [1.54, 1.807) is 12.1 Å². The van der Waals surface area contributed by atoms with Crippen molar-refractivity contribution in [2.24, 2.45) is 5.92 Å². The molecular weight excluding hydrogens is 216 g/mol. The molecule has 0 amide bonds. The lowest BCUT2D eigenvalue weighted by atomic mass is 10.0. The summed E-state index contributed by atoms with van der Waals surface area (Å²) in [5, 5.41) is 12.4. The molecule has 2 rings (SSSR count). The smallest absolute Gasteiger partial charge is 0.336 e. The second kappa shape index (κ2) is 4.65. The number of nitrogen functional groups attached to an aromatic ring is 1. The quantitative estimate of drug-likeness (QED) is 0.683. The molecule has 0 aliphatic heterocycles. The third kappa shape index (κ3) is 2.52. The first-order chi connectivity index (χ1) is 8.13. The van der Waals surface area contributed by atoms with Gasteiger partial charge in [0.1, 0.15) is 0 Å². The van der Waals surface area contributed by atoms with E-state index in [4.69, 9.17) is 10.8 Å². The van der Waals surface area contributed by atoms with Gasteiger partial charge in [0.25, 0.3) is 0 Å². The second-order valence-electron chi connectivity index (χ2n) is 4.54. The molecule has 1 aromatic rings. The highest BCUT2D eigenvalue weighted by atomic mass is 16.4. The van der Waals surface area contributed by atoms with Gasteiger partial charge in [-0.05, 0) is 42.9 Å². The Kier molecular flexibility index (Phi) is 3.22. The zero-order valence-corrected chi connectivity index (χ0v) is 9.99. The van der Waals surface area contributed by atoms with Gasteiger partial charge in [-0.2, -0.15) is 0 Å². The minimum absolute atomic E-state index is 0.307. The Morgan fingerprint density at radius 1 is 1.53 bits per heavy atom. The Morgan fingerprint density at radius 2 is 2.24 bits per heavy atom. The summed E-state index contributed by atoms with van der Waals surface area (Å²) in [5.74, 6) is -0.152. The van der Waals surface area contributed by atoms with Crippen LogP contribution in [0, 0.1) is 5.92 Å². The molecule has 1 aromatic carbocycles. The van der Waals surface area contributed by atoms with Crippen LogP contribution in [-0.2, 0) is 6.42 Å². The zero-order chi connectivity index (χ0) is 12.4. The summed E-state index contributed by atoms with van der Waals surface area (Å²) in [4.78, 5) is 11.0. The van der Waals surface area contributed by atoms with Crippen LogP contribution < -0.4 is 11.1 Å². The van der Waals surface area contributed by atoms with E-state index in [0.717, 1.165) is 23.7 Å². The highest BCUT2D eigenvalue weighted by Gasteiger charge is 2.21. The molecule has 0 radical (unpaired) electrons. The van der Waals surface area contributed by atoms with Gasteiger partial charge >= 0.3 is 5.97 Å². The summed E-state index contributed by atoms with van der Waals surface area (Å²) in [7, 11) is 0. The zero-order valence-electron chi connectivity index (χ0n) is 9.99. The highest BCUT2D eigenvalue weighted by Crippen LogP contribution is 2.31. The average Bonchev–Trinajstić information content (AvgIpc) is 3.10. The Balaban J connectivity index is 2.24. The SMILES string of the molecule is CCc1c(C(=O)O)ccc(NCC2CC2)c1N. The molecule has 4 N–H and O–H groups in total. The minimum atomic E-state index is -0.915. The first-order valence-electron chi connectivity index (χ1n) is 6.02. The molecule has 17 heavy (non-hydrogen) atoms. The molecule has 0 heterocycles. The van der Waals surface area contributed by atoms with E-state index >= 15 is 0 Å². The predicted molar refractivity (Wildman–Crippen MR) is 68.4 cm³/mol. The molecule has 1 aliphatic rings. The van der Waals surface area contributed by atoms with E-state index in [1.807, 2.05) is 6.92 Å². The number of benzene rings is 1. The molecule has 1 aliphatic carbocycles. The van der Waals surface area contributed by atoms with E-state index in [1.165, 1.54) is 12.8 Å². The van der Waals surface area contributed by atoms with Crippen molar-refractivity contribution >= 4 is 17.3 Å². The Bertz CT molecular complexity index is 439. The van der Waals surface area contributed by atoms with Gasteiger partial charge in [0, 0.05) is 6.54 Å². The number of rotatable bonds is 5. The van der Waals surface area contributed by atoms with E-state index < -0.39 is 5.97 Å². The fraction of sp³-hybridized carbons (Fsp3) is 0.462. The molecule has 0 saturated heterocycles. The maximum Gasteiger partial charge on any atom is 0.336 e. The first-order valence-corrected chi connectivity index (χ1v) is 6.02. The number of hydrogen-bond donors (Lipinski definition) is 3. The molecule has 1 fully saturated rings. The van der Waals surface area contributed by atoms with Crippen LogP contribution in [0.4, 0.5) is 11.4 Å². The van der Waals surface area contributed by atoms with E-state index in [-0.39, 0.29) is 0 Å². The predicted octanol–water partition coefficient (Wildman–Crippen LogP) is 2.35. The standard InChI is InChI=1S/C13H18N2O2/c1-2-9-10(13(16)17)5-6-11(12(9)14)15-7-8-3-4-8/h5-6,8,15H,2-4,7,14H2,1H3,(H,16,17). The summed E-state index contributed by atoms with van der Waals surface area (Å²) in [6.45, 7) is 2.85. The lowest BCUT2D eigenvalue weighted by Crippen LogP contribution is -2.10. The Labute approximate surface area is 101 Å². The van der Waals surface area contributed by atoms with Crippen molar-refractivity contribution in [2.45, 2.75) is 26.2 Å². The van der Waals surface area contributed by atoms with Crippen LogP contribution in [0.25, 0.3) is 0 Å². The second-order valence-corrected chi connectivity index (χ2v) is 4.54. The number of nitrogens with one attached hydrogen (secondary N) is 1. The van der Waals surface area contributed by atoms with Gasteiger partial charge in [-0.3, -0.25) is 0 Å². The lowest BCUT2D eigenvalue weighted by Gasteiger charge is -2.14. The first kappa shape index (κ1) is 11.8. The number of nitrogens with two attached hydrogens (primary N) is 1. The molecule has 0 atom stereocenters. The topological polar surface area (TPSA) is 75.3 Å². The van der Waals surface area contributed by atoms with Crippen molar-refractivity contribution < 1.29 is 9.90 Å². The number of carbonyl (C=O) groups is 1. The van der Waals surface area contributed by atoms with Crippen LogP contribution >= 0.6 is 0 Å². The monoisotopic (exact) mass is 234 g/mol. The van der Waals surface area contributed by atoms with E-state index in [0.29, 0.717) is 17.7 Å². The normalized spacial score (nSPS) is 14.6. The summed E-state index contributed by atoms with van der Waals surface area (Å²) < 4.78 is 0. The molecule has 4 heteroatoms. The third-order valence-corrected chi connectivity index (χ3v) is 3.22. The van der Waals surface area contributed by atoms with Crippen LogP contribution in [0.15, 0.2) is 12.1 Å². The summed E-state index contributed by atoms with van der Waals surface area (Å²) >= 11 is 0. The molecule has 0 unspecified atom stereocenters. The van der Waals surface area contributed by atoms with Crippen molar-refractivity contribution in [3.63, 3.8) is 0 Å². The van der Waals surface area contributed by atoms with Gasteiger partial charge in [-0.15, -0.1) is 0 Å². The highest BCUT2D eigenvalue weighted by molar-refractivity contribution is 5.93. The summed E-state index contributed by atoms with van der Waals surface area (Å²) in [6.07, 6.45) is 3.19. The number of anilines is 2. The molecule has 1 saturated carbocycles. The van der Waals surface area contributed by atoms with E-state index in [2.05, 4.69) is 5.32 Å². The lowest BCUT2D eigenvalue weighted by molar-refractivity contribution is 0.0696. The van der Waals surface area contributed by atoms with Gasteiger partial charge < -0.3 is 16.2 Å². The van der Waals surface area contributed by atoms with Gasteiger partial charge in [0.05, 0.1) is 16.9 Å². The Morgan fingerprint density at radius 3 is 2.76 bits per heavy atom. The molecule has 0 spiro atoms. The van der Waals surface area contributed by atoms with Crippen molar-refractivity contribution in [1.82, 2.24) is 0 Å².